The number of nitrogens with zero attached hydrogens (tertiary/aromatic N) is 3. The van der Waals surface area contributed by atoms with Crippen molar-refractivity contribution in [1.29, 1.82) is 0 Å². The molecule has 5 nitrogen and oxygen atoms in total. The average molecular weight is 282 g/mol. The molecule has 0 amide bonds. The van der Waals surface area contributed by atoms with Crippen LogP contribution >= 0.6 is 15.9 Å². The molecular formula is C10H12BrN5. The Labute approximate surface area is 102 Å². The Kier molecular flexibility index (Phi) is 3.33. The number of nitrogens with two attached hydrogens (primary N) is 1. The molecule has 0 spiro atoms. The minimum atomic E-state index is -0.0984. The van der Waals surface area contributed by atoms with E-state index in [1.807, 2.05) is 19.3 Å². The lowest BCUT2D eigenvalue weighted by Crippen LogP contribution is -2.28. The molecule has 16 heavy (non-hydrogen) atoms. The van der Waals surface area contributed by atoms with Gasteiger partial charge in [-0.2, -0.15) is 5.10 Å². The molecule has 0 saturated carbocycles. The first-order valence-corrected chi connectivity index (χ1v) is 5.55. The van der Waals surface area contributed by atoms with Crippen molar-refractivity contribution in [3.8, 4) is 0 Å². The van der Waals surface area contributed by atoms with E-state index < -0.39 is 0 Å². The van der Waals surface area contributed by atoms with Gasteiger partial charge in [0.15, 0.2) is 0 Å². The van der Waals surface area contributed by atoms with Crippen molar-refractivity contribution in [3.05, 3.63) is 46.5 Å². The van der Waals surface area contributed by atoms with E-state index in [0.717, 1.165) is 15.6 Å². The topological polar surface area (TPSA) is 68.8 Å². The zero-order chi connectivity index (χ0) is 11.5. The molecule has 2 aromatic rings. The van der Waals surface area contributed by atoms with Crippen molar-refractivity contribution in [2.24, 2.45) is 12.9 Å². The van der Waals surface area contributed by atoms with Gasteiger partial charge in [-0.25, -0.2) is 5.43 Å². The maximum Gasteiger partial charge on any atom is 0.0755 e. The van der Waals surface area contributed by atoms with Crippen molar-refractivity contribution in [1.82, 2.24) is 20.2 Å². The summed E-state index contributed by atoms with van der Waals surface area (Å²) in [5, 5.41) is 4.12. The summed E-state index contributed by atoms with van der Waals surface area (Å²) in [6, 6.07) is 1.88. The molecule has 2 aromatic heterocycles. The summed E-state index contributed by atoms with van der Waals surface area (Å²) in [6.07, 6.45) is 7.22. The molecule has 84 valence electrons. The third kappa shape index (κ3) is 2.29. The van der Waals surface area contributed by atoms with Gasteiger partial charge in [0.1, 0.15) is 0 Å². The lowest BCUT2D eigenvalue weighted by molar-refractivity contribution is 0.633. The highest BCUT2D eigenvalue weighted by molar-refractivity contribution is 9.10. The number of nitrogens with one attached hydrogen (secondary N) is 1. The first kappa shape index (κ1) is 11.3. The highest BCUT2D eigenvalue weighted by Crippen LogP contribution is 2.22. The van der Waals surface area contributed by atoms with Crippen LogP contribution in [0.3, 0.4) is 0 Å². The zero-order valence-electron chi connectivity index (χ0n) is 8.76. The second-order valence-corrected chi connectivity index (χ2v) is 4.40. The molecule has 6 heteroatoms. The number of hydrazine groups is 1. The molecule has 0 aliphatic rings. The lowest BCUT2D eigenvalue weighted by Gasteiger charge is -2.14. The summed E-state index contributed by atoms with van der Waals surface area (Å²) in [5.41, 5.74) is 4.76. The van der Waals surface area contributed by atoms with Crippen LogP contribution in [0.1, 0.15) is 17.2 Å². The fraction of sp³-hybridized carbons (Fsp3) is 0.200. The second kappa shape index (κ2) is 4.73. The summed E-state index contributed by atoms with van der Waals surface area (Å²) in [4.78, 5) is 4.12. The van der Waals surface area contributed by atoms with Crippen LogP contribution in [0.4, 0.5) is 0 Å². The van der Waals surface area contributed by atoms with Gasteiger partial charge in [0.05, 0.1) is 12.2 Å². The van der Waals surface area contributed by atoms with Gasteiger partial charge in [-0.15, -0.1) is 0 Å². The maximum absolute atomic E-state index is 5.57. The van der Waals surface area contributed by atoms with Crippen molar-refractivity contribution in [2.75, 3.05) is 0 Å². The number of aromatic nitrogens is 3. The Balaban J connectivity index is 2.36. The molecule has 2 rings (SSSR count). The summed E-state index contributed by atoms with van der Waals surface area (Å²) >= 11 is 3.39. The van der Waals surface area contributed by atoms with E-state index in [0.29, 0.717) is 0 Å². The fourth-order valence-electron chi connectivity index (χ4n) is 1.56. The molecule has 0 aliphatic carbocycles. The van der Waals surface area contributed by atoms with E-state index in [-0.39, 0.29) is 6.04 Å². The second-order valence-electron chi connectivity index (χ2n) is 3.48. The van der Waals surface area contributed by atoms with Crippen LogP contribution in [-0.4, -0.2) is 14.8 Å². The average Bonchev–Trinajstić information content (AvgIpc) is 2.66. The Bertz CT molecular complexity index is 482. The molecule has 2 heterocycles. The summed E-state index contributed by atoms with van der Waals surface area (Å²) in [5.74, 6) is 5.57. The molecule has 3 N–H and O–H groups in total. The molecule has 0 bridgehead atoms. The van der Waals surface area contributed by atoms with Crippen LogP contribution in [0.2, 0.25) is 0 Å². The lowest BCUT2D eigenvalue weighted by atomic mass is 10.0. The number of hydrogen-bond donors (Lipinski definition) is 2. The zero-order valence-corrected chi connectivity index (χ0v) is 10.3. The number of aryl methyl sites for hydroxylation is 1. The number of hydrogen-bond acceptors (Lipinski definition) is 4. The molecule has 1 unspecified atom stereocenters. The number of halogens is 1. The minimum absolute atomic E-state index is 0.0984. The quantitative estimate of drug-likeness (QED) is 0.654. The van der Waals surface area contributed by atoms with Crippen molar-refractivity contribution in [2.45, 2.75) is 6.04 Å². The summed E-state index contributed by atoms with van der Waals surface area (Å²) < 4.78 is 2.67. The van der Waals surface area contributed by atoms with Crippen molar-refractivity contribution >= 4 is 15.9 Å². The Morgan fingerprint density at radius 2 is 2.19 bits per heavy atom. The smallest absolute Gasteiger partial charge is 0.0755 e. The van der Waals surface area contributed by atoms with Crippen LogP contribution in [0, 0.1) is 0 Å². The van der Waals surface area contributed by atoms with E-state index in [1.165, 1.54) is 0 Å². The predicted molar refractivity (Wildman–Crippen MR) is 64.3 cm³/mol. The van der Waals surface area contributed by atoms with Crippen LogP contribution in [0.25, 0.3) is 0 Å². The summed E-state index contributed by atoms with van der Waals surface area (Å²) in [6.45, 7) is 0. The first-order chi connectivity index (χ1) is 7.70. The van der Waals surface area contributed by atoms with Crippen LogP contribution in [0.5, 0.6) is 0 Å². The van der Waals surface area contributed by atoms with Gasteiger partial charge in [0, 0.05) is 35.7 Å². The molecule has 0 radical (unpaired) electrons. The molecule has 0 fully saturated rings. The Hall–Kier alpha value is -1.24. The van der Waals surface area contributed by atoms with Gasteiger partial charge in [-0.1, -0.05) is 0 Å². The fourth-order valence-corrected chi connectivity index (χ4v) is 1.94. The van der Waals surface area contributed by atoms with Crippen LogP contribution < -0.4 is 11.3 Å². The van der Waals surface area contributed by atoms with Crippen molar-refractivity contribution in [3.63, 3.8) is 0 Å². The van der Waals surface area contributed by atoms with Gasteiger partial charge < -0.3 is 0 Å². The van der Waals surface area contributed by atoms with E-state index in [1.54, 1.807) is 23.3 Å². The Morgan fingerprint density at radius 3 is 2.75 bits per heavy atom. The van der Waals surface area contributed by atoms with Gasteiger partial charge in [0.2, 0.25) is 0 Å². The van der Waals surface area contributed by atoms with Gasteiger partial charge in [-0.05, 0) is 27.6 Å². The predicted octanol–water partition coefficient (Wildman–Crippen LogP) is 1.13. The van der Waals surface area contributed by atoms with E-state index in [2.05, 4.69) is 31.4 Å². The third-order valence-electron chi connectivity index (χ3n) is 2.28. The third-order valence-corrected chi connectivity index (χ3v) is 2.72. The minimum Gasteiger partial charge on any atom is -0.275 e. The van der Waals surface area contributed by atoms with Crippen molar-refractivity contribution < 1.29 is 0 Å². The largest absolute Gasteiger partial charge is 0.275 e. The molecule has 0 aliphatic heterocycles. The normalized spacial score (nSPS) is 12.7. The molecule has 1 atom stereocenters. The van der Waals surface area contributed by atoms with E-state index >= 15 is 0 Å². The highest BCUT2D eigenvalue weighted by Gasteiger charge is 2.14. The number of pyridine rings is 1. The summed E-state index contributed by atoms with van der Waals surface area (Å²) in [7, 11) is 1.87. The molecular weight excluding hydrogens is 270 g/mol. The standard InChI is InChI=1S/C10H12BrN5/c1-16-6-8(4-14-16)10(15-12)7-2-9(11)5-13-3-7/h2-6,10,15H,12H2,1H3. The van der Waals surface area contributed by atoms with Crippen LogP contribution in [-0.2, 0) is 7.05 Å². The van der Waals surface area contributed by atoms with E-state index in [9.17, 15) is 0 Å². The monoisotopic (exact) mass is 281 g/mol. The SMILES string of the molecule is Cn1cc(C(NN)c2cncc(Br)c2)cn1. The molecule has 0 saturated heterocycles. The van der Waals surface area contributed by atoms with Gasteiger partial charge in [0.25, 0.3) is 0 Å². The van der Waals surface area contributed by atoms with Gasteiger partial charge in [-0.3, -0.25) is 15.5 Å². The highest BCUT2D eigenvalue weighted by atomic mass is 79.9. The van der Waals surface area contributed by atoms with E-state index in [4.69, 9.17) is 5.84 Å². The van der Waals surface area contributed by atoms with Crippen LogP contribution in [0.15, 0.2) is 35.3 Å². The Morgan fingerprint density at radius 1 is 1.38 bits per heavy atom. The first-order valence-electron chi connectivity index (χ1n) is 4.76. The molecule has 0 aromatic carbocycles. The number of rotatable bonds is 3. The van der Waals surface area contributed by atoms with Gasteiger partial charge >= 0.3 is 0 Å². The maximum atomic E-state index is 5.57.